The molecule has 1 aromatic rings. The highest BCUT2D eigenvalue weighted by atomic mass is 79.9. The smallest absolute Gasteiger partial charge is 0.406 e. The second-order valence-electron chi connectivity index (χ2n) is 2.61. The van der Waals surface area contributed by atoms with Crippen molar-refractivity contribution in [2.45, 2.75) is 11.7 Å². The van der Waals surface area contributed by atoms with Crippen molar-refractivity contribution in [1.29, 1.82) is 5.26 Å². The summed E-state index contributed by atoms with van der Waals surface area (Å²) in [5.74, 6) is -0.385. The Balaban J connectivity index is 3.00. The van der Waals surface area contributed by atoms with Crippen molar-refractivity contribution >= 4 is 15.9 Å². The average Bonchev–Trinajstić information content (AvgIpc) is 2.15. The molecule has 0 bridgehead atoms. The number of halogens is 4. The number of hydrogen-bond acceptors (Lipinski definition) is 2. The number of alkyl halides is 4. The summed E-state index contributed by atoms with van der Waals surface area (Å²) in [5.41, 5.74) is 0.778. The number of nitriles is 1. The average molecular weight is 280 g/mol. The molecule has 0 spiro atoms. The van der Waals surface area contributed by atoms with E-state index in [0.29, 0.717) is 10.9 Å². The molecule has 0 aromatic heterocycles. The lowest BCUT2D eigenvalue weighted by molar-refractivity contribution is -0.274. The van der Waals surface area contributed by atoms with Gasteiger partial charge in [0.2, 0.25) is 0 Å². The van der Waals surface area contributed by atoms with E-state index in [1.807, 2.05) is 0 Å². The van der Waals surface area contributed by atoms with Crippen LogP contribution in [0.3, 0.4) is 0 Å². The minimum absolute atomic E-state index is 0.161. The Morgan fingerprint density at radius 1 is 1.40 bits per heavy atom. The highest BCUT2D eigenvalue weighted by Crippen LogP contribution is 2.25. The van der Waals surface area contributed by atoms with Crippen LogP contribution in [0, 0.1) is 11.3 Å². The van der Waals surface area contributed by atoms with Gasteiger partial charge in [-0.1, -0.05) is 22.0 Å². The highest BCUT2D eigenvalue weighted by molar-refractivity contribution is 9.08. The molecule has 0 atom stereocenters. The molecule has 1 aromatic carbocycles. The van der Waals surface area contributed by atoms with Crippen molar-refractivity contribution in [2.75, 3.05) is 0 Å². The lowest BCUT2D eigenvalue weighted by Crippen LogP contribution is -2.17. The van der Waals surface area contributed by atoms with E-state index >= 15 is 0 Å². The molecule has 0 aliphatic carbocycles. The third-order valence-electron chi connectivity index (χ3n) is 1.58. The molecule has 1 rings (SSSR count). The molecule has 15 heavy (non-hydrogen) atoms. The van der Waals surface area contributed by atoms with Crippen LogP contribution >= 0.6 is 15.9 Å². The molecule has 0 radical (unpaired) electrons. The van der Waals surface area contributed by atoms with Gasteiger partial charge in [-0.25, -0.2) is 0 Å². The molecule has 6 heteroatoms. The molecule has 0 N–H and O–H groups in total. The SMILES string of the molecule is N#Cc1cc(OC(F)(F)F)ccc1CBr. The Labute approximate surface area is 92.4 Å². The fraction of sp³-hybridized carbons (Fsp3) is 0.222. The molecule has 80 valence electrons. The van der Waals surface area contributed by atoms with Gasteiger partial charge in [-0.3, -0.25) is 0 Å². The minimum Gasteiger partial charge on any atom is -0.406 e. The maximum atomic E-state index is 11.8. The molecule has 0 aliphatic rings. The van der Waals surface area contributed by atoms with Gasteiger partial charge in [-0.2, -0.15) is 5.26 Å². The van der Waals surface area contributed by atoms with E-state index in [2.05, 4.69) is 20.7 Å². The Bertz CT molecular complexity index is 397. The van der Waals surface area contributed by atoms with Gasteiger partial charge in [0.05, 0.1) is 11.6 Å². The van der Waals surface area contributed by atoms with E-state index < -0.39 is 6.36 Å². The first-order valence-electron chi connectivity index (χ1n) is 3.81. The van der Waals surface area contributed by atoms with Crippen LogP contribution in [0.2, 0.25) is 0 Å². The predicted octanol–water partition coefficient (Wildman–Crippen LogP) is 3.35. The Morgan fingerprint density at radius 3 is 2.53 bits per heavy atom. The van der Waals surface area contributed by atoms with Gasteiger partial charge in [-0.15, -0.1) is 13.2 Å². The predicted molar refractivity (Wildman–Crippen MR) is 50.5 cm³/mol. The highest BCUT2D eigenvalue weighted by Gasteiger charge is 2.31. The van der Waals surface area contributed by atoms with Crippen LogP contribution in [0.5, 0.6) is 5.75 Å². The standard InChI is InChI=1S/C9H5BrF3NO/c10-4-6-1-2-8(3-7(6)5-14)15-9(11,12)13/h1-3H,4H2. The van der Waals surface area contributed by atoms with Gasteiger partial charge in [0.15, 0.2) is 0 Å². The van der Waals surface area contributed by atoms with Crippen molar-refractivity contribution in [3.8, 4) is 11.8 Å². The first-order valence-corrected chi connectivity index (χ1v) is 4.93. The van der Waals surface area contributed by atoms with Crippen molar-refractivity contribution < 1.29 is 17.9 Å². The van der Waals surface area contributed by atoms with Gasteiger partial charge >= 0.3 is 6.36 Å². The molecular formula is C9H5BrF3NO. The summed E-state index contributed by atoms with van der Waals surface area (Å²) in [7, 11) is 0. The maximum Gasteiger partial charge on any atom is 0.573 e. The zero-order valence-electron chi connectivity index (χ0n) is 7.31. The zero-order valence-corrected chi connectivity index (χ0v) is 8.89. The summed E-state index contributed by atoms with van der Waals surface area (Å²) in [5, 5.41) is 9.07. The fourth-order valence-corrected chi connectivity index (χ4v) is 1.46. The summed E-state index contributed by atoms with van der Waals surface area (Å²) in [6, 6.07) is 5.44. The van der Waals surface area contributed by atoms with Crippen LogP contribution in [-0.2, 0) is 5.33 Å². The first-order chi connectivity index (χ1) is 6.96. The second kappa shape index (κ2) is 4.53. The lowest BCUT2D eigenvalue weighted by atomic mass is 10.1. The molecule has 0 heterocycles. The van der Waals surface area contributed by atoms with Crippen LogP contribution < -0.4 is 4.74 Å². The molecule has 0 saturated heterocycles. The van der Waals surface area contributed by atoms with E-state index in [4.69, 9.17) is 5.26 Å². The fourth-order valence-electron chi connectivity index (χ4n) is 0.973. The molecule has 0 unspecified atom stereocenters. The minimum atomic E-state index is -4.73. The van der Waals surface area contributed by atoms with E-state index in [1.54, 1.807) is 6.07 Å². The molecular weight excluding hydrogens is 275 g/mol. The quantitative estimate of drug-likeness (QED) is 0.778. The third-order valence-corrected chi connectivity index (χ3v) is 2.18. The largest absolute Gasteiger partial charge is 0.573 e. The topological polar surface area (TPSA) is 33.0 Å². The number of hydrogen-bond donors (Lipinski definition) is 0. The Hall–Kier alpha value is -1.22. The lowest BCUT2D eigenvalue weighted by Gasteiger charge is -2.09. The summed E-state index contributed by atoms with van der Waals surface area (Å²) >= 11 is 3.12. The van der Waals surface area contributed by atoms with Gasteiger partial charge < -0.3 is 4.74 Å². The van der Waals surface area contributed by atoms with Crippen LogP contribution in [0.4, 0.5) is 13.2 Å². The molecule has 0 amide bonds. The first kappa shape index (κ1) is 11.9. The molecule has 0 saturated carbocycles. The Morgan fingerprint density at radius 2 is 2.07 bits per heavy atom. The van der Waals surface area contributed by atoms with Crippen molar-refractivity contribution in [3.63, 3.8) is 0 Å². The van der Waals surface area contributed by atoms with E-state index in [9.17, 15) is 13.2 Å². The van der Waals surface area contributed by atoms with Gasteiger partial charge in [-0.05, 0) is 17.7 Å². The number of benzene rings is 1. The van der Waals surface area contributed by atoms with Crippen molar-refractivity contribution in [3.05, 3.63) is 29.3 Å². The summed E-state index contributed by atoms with van der Waals surface area (Å²) in [4.78, 5) is 0. The number of rotatable bonds is 2. The maximum absolute atomic E-state index is 11.8. The van der Waals surface area contributed by atoms with Gasteiger partial charge in [0, 0.05) is 5.33 Å². The number of nitrogens with zero attached hydrogens (tertiary/aromatic N) is 1. The monoisotopic (exact) mass is 279 g/mol. The second-order valence-corrected chi connectivity index (χ2v) is 3.17. The van der Waals surface area contributed by atoms with E-state index in [-0.39, 0.29) is 11.3 Å². The van der Waals surface area contributed by atoms with E-state index in [1.165, 1.54) is 12.1 Å². The van der Waals surface area contributed by atoms with Gasteiger partial charge in [0.1, 0.15) is 5.75 Å². The van der Waals surface area contributed by atoms with Gasteiger partial charge in [0.25, 0.3) is 0 Å². The normalized spacial score (nSPS) is 10.9. The zero-order chi connectivity index (χ0) is 11.5. The van der Waals surface area contributed by atoms with Crippen molar-refractivity contribution in [2.24, 2.45) is 0 Å². The number of ether oxygens (including phenoxy) is 1. The van der Waals surface area contributed by atoms with Crippen LogP contribution in [-0.4, -0.2) is 6.36 Å². The summed E-state index contributed by atoms with van der Waals surface area (Å²) in [6.07, 6.45) is -4.73. The summed E-state index contributed by atoms with van der Waals surface area (Å²) < 4.78 is 39.2. The molecule has 2 nitrogen and oxygen atoms in total. The summed E-state index contributed by atoms with van der Waals surface area (Å²) in [6.45, 7) is 0. The van der Waals surface area contributed by atoms with Crippen LogP contribution in [0.25, 0.3) is 0 Å². The van der Waals surface area contributed by atoms with Crippen molar-refractivity contribution in [1.82, 2.24) is 0 Å². The third kappa shape index (κ3) is 3.44. The van der Waals surface area contributed by atoms with E-state index in [0.717, 1.165) is 6.07 Å². The van der Waals surface area contributed by atoms with Crippen LogP contribution in [0.15, 0.2) is 18.2 Å². The molecule has 0 fully saturated rings. The van der Waals surface area contributed by atoms with Crippen LogP contribution in [0.1, 0.15) is 11.1 Å². The molecule has 0 aliphatic heterocycles. The Kier molecular flexibility index (Phi) is 3.58.